The lowest BCUT2D eigenvalue weighted by Gasteiger charge is -2.21. The second-order valence-corrected chi connectivity index (χ2v) is 5.18. The highest BCUT2D eigenvalue weighted by Gasteiger charge is 2.21. The molecule has 0 aromatic rings. The molecule has 5 nitrogen and oxygen atoms in total. The number of guanidine groups is 1. The van der Waals surface area contributed by atoms with E-state index in [0.29, 0.717) is 6.54 Å². The molecule has 2 atom stereocenters. The number of rotatable bonds is 8. The molecule has 0 amide bonds. The van der Waals surface area contributed by atoms with Crippen LogP contribution in [-0.2, 0) is 4.79 Å². The van der Waals surface area contributed by atoms with E-state index in [1.165, 1.54) is 0 Å². The highest BCUT2D eigenvalue weighted by Crippen LogP contribution is 2.07. The molecule has 0 radical (unpaired) electrons. The number of aliphatic imine (C=N–C) groups is 1. The van der Waals surface area contributed by atoms with Gasteiger partial charge in [0.1, 0.15) is 0 Å². The molecule has 0 bridgehead atoms. The summed E-state index contributed by atoms with van der Waals surface area (Å²) in [5, 5.41) is 2.98. The van der Waals surface area contributed by atoms with E-state index in [1.807, 2.05) is 13.8 Å². The maximum Gasteiger partial charge on any atom is 0.185 e. The third-order valence-corrected chi connectivity index (χ3v) is 2.49. The van der Waals surface area contributed by atoms with Gasteiger partial charge in [-0.25, -0.2) is 0 Å². The summed E-state index contributed by atoms with van der Waals surface area (Å²) >= 11 is 4.18. The Morgan fingerprint density at radius 2 is 1.94 bits per heavy atom. The molecule has 0 fully saturated rings. The van der Waals surface area contributed by atoms with Crippen LogP contribution in [-0.4, -0.2) is 35.6 Å². The number of hydrogen-bond acceptors (Lipinski definition) is 4. The number of thiol groups is 1. The molecule has 0 aliphatic carbocycles. The van der Waals surface area contributed by atoms with Crippen molar-refractivity contribution < 1.29 is 4.79 Å². The molecule has 0 aliphatic rings. The predicted molar refractivity (Wildman–Crippen MR) is 75.4 cm³/mol. The van der Waals surface area contributed by atoms with Crippen molar-refractivity contribution in [3.05, 3.63) is 0 Å². The zero-order valence-electron chi connectivity index (χ0n) is 10.8. The lowest BCUT2D eigenvalue weighted by atomic mass is 10.0. The maximum absolute atomic E-state index is 11.9. The molecule has 5 N–H and O–H groups in total. The fourth-order valence-electron chi connectivity index (χ4n) is 1.50. The summed E-state index contributed by atoms with van der Waals surface area (Å²) in [6.45, 7) is 6.36. The second kappa shape index (κ2) is 8.36. The number of carbonyl (C=O) groups excluding carboxylic acids is 1. The molecule has 100 valence electrons. The Morgan fingerprint density at radius 1 is 1.35 bits per heavy atom. The fourth-order valence-corrected chi connectivity index (χ4v) is 1.68. The molecule has 0 saturated heterocycles. The first-order valence-corrected chi connectivity index (χ1v) is 6.39. The summed E-state index contributed by atoms with van der Waals surface area (Å²) in [5.41, 5.74) is 10.5. The van der Waals surface area contributed by atoms with Gasteiger partial charge >= 0.3 is 0 Å². The standard InChI is InChI=1S/C11H24N4OS/c1-7(2)15-9(10(16)8(3)17)5-4-6-14-11(12)13/h7-9,15,17H,4-6H2,1-3H3,(H4,12,13,14)/t8?,9-/m0/s1. The van der Waals surface area contributed by atoms with Crippen LogP contribution in [0.1, 0.15) is 33.6 Å². The van der Waals surface area contributed by atoms with E-state index in [1.54, 1.807) is 6.92 Å². The van der Waals surface area contributed by atoms with Crippen molar-refractivity contribution in [2.75, 3.05) is 6.54 Å². The second-order valence-electron chi connectivity index (χ2n) is 4.40. The van der Waals surface area contributed by atoms with E-state index in [2.05, 4.69) is 22.9 Å². The van der Waals surface area contributed by atoms with Crippen LogP contribution in [0.5, 0.6) is 0 Å². The van der Waals surface area contributed by atoms with Crippen LogP contribution in [0.3, 0.4) is 0 Å². The highest BCUT2D eigenvalue weighted by atomic mass is 32.1. The lowest BCUT2D eigenvalue weighted by molar-refractivity contribution is -0.120. The van der Waals surface area contributed by atoms with E-state index in [9.17, 15) is 4.79 Å². The van der Waals surface area contributed by atoms with E-state index >= 15 is 0 Å². The molecule has 0 aromatic heterocycles. The molecule has 0 rings (SSSR count). The summed E-state index contributed by atoms with van der Waals surface area (Å²) in [5.74, 6) is 0.207. The molecule has 1 unspecified atom stereocenters. The fraction of sp³-hybridized carbons (Fsp3) is 0.818. The van der Waals surface area contributed by atoms with Crippen molar-refractivity contribution in [1.29, 1.82) is 0 Å². The van der Waals surface area contributed by atoms with Gasteiger partial charge in [0.15, 0.2) is 11.7 Å². The quantitative estimate of drug-likeness (QED) is 0.218. The van der Waals surface area contributed by atoms with Crippen LogP contribution in [0.4, 0.5) is 0 Å². The van der Waals surface area contributed by atoms with Gasteiger partial charge in [0.25, 0.3) is 0 Å². The number of nitrogens with one attached hydrogen (secondary N) is 1. The van der Waals surface area contributed by atoms with Gasteiger partial charge < -0.3 is 16.8 Å². The van der Waals surface area contributed by atoms with E-state index < -0.39 is 0 Å². The Kier molecular flexibility index (Phi) is 7.99. The summed E-state index contributed by atoms with van der Waals surface area (Å²) in [7, 11) is 0. The number of carbonyl (C=O) groups is 1. The van der Waals surface area contributed by atoms with Gasteiger partial charge in [-0.2, -0.15) is 12.6 Å². The molecule has 0 heterocycles. The van der Waals surface area contributed by atoms with Crippen molar-refractivity contribution >= 4 is 24.4 Å². The van der Waals surface area contributed by atoms with Gasteiger partial charge in [0, 0.05) is 12.6 Å². The summed E-state index contributed by atoms with van der Waals surface area (Å²) in [6.07, 6.45) is 1.49. The Labute approximate surface area is 109 Å². The summed E-state index contributed by atoms with van der Waals surface area (Å²) in [4.78, 5) is 15.8. The van der Waals surface area contributed by atoms with Crippen LogP contribution in [0.25, 0.3) is 0 Å². The third kappa shape index (κ3) is 8.04. The van der Waals surface area contributed by atoms with Gasteiger partial charge in [-0.15, -0.1) is 0 Å². The Hall–Kier alpha value is -0.750. The molecule has 0 aliphatic heterocycles. The molecule has 6 heteroatoms. The Morgan fingerprint density at radius 3 is 2.35 bits per heavy atom. The van der Waals surface area contributed by atoms with Crippen LogP contribution < -0.4 is 16.8 Å². The molecular formula is C11H24N4OS. The predicted octanol–water partition coefficient (Wildman–Crippen LogP) is 0.294. The normalized spacial score (nSPS) is 14.4. The minimum absolute atomic E-state index is 0.0901. The third-order valence-electron chi connectivity index (χ3n) is 2.24. The number of nitrogens with two attached hydrogens (primary N) is 2. The topological polar surface area (TPSA) is 93.5 Å². The number of nitrogens with zero attached hydrogens (tertiary/aromatic N) is 1. The van der Waals surface area contributed by atoms with Gasteiger partial charge in [-0.1, -0.05) is 13.8 Å². The minimum Gasteiger partial charge on any atom is -0.370 e. The monoisotopic (exact) mass is 260 g/mol. The zero-order chi connectivity index (χ0) is 13.4. The van der Waals surface area contributed by atoms with Crippen LogP contribution >= 0.6 is 12.6 Å². The van der Waals surface area contributed by atoms with E-state index in [4.69, 9.17) is 11.5 Å². The molecule has 0 spiro atoms. The van der Waals surface area contributed by atoms with Crippen LogP contribution in [0.15, 0.2) is 4.99 Å². The Balaban J connectivity index is 4.20. The molecule has 0 aromatic carbocycles. The van der Waals surface area contributed by atoms with Crippen LogP contribution in [0.2, 0.25) is 0 Å². The van der Waals surface area contributed by atoms with Crippen LogP contribution in [0, 0.1) is 0 Å². The lowest BCUT2D eigenvalue weighted by Crippen LogP contribution is -2.43. The van der Waals surface area contributed by atoms with Gasteiger partial charge in [-0.3, -0.25) is 9.79 Å². The average molecular weight is 260 g/mol. The summed E-state index contributed by atoms with van der Waals surface area (Å²) in [6, 6.07) is 0.0933. The van der Waals surface area contributed by atoms with Gasteiger partial charge in [0.05, 0.1) is 11.3 Å². The van der Waals surface area contributed by atoms with Crippen molar-refractivity contribution in [3.63, 3.8) is 0 Å². The van der Waals surface area contributed by atoms with Crippen molar-refractivity contribution in [3.8, 4) is 0 Å². The molecule has 0 saturated carbocycles. The van der Waals surface area contributed by atoms with Crippen molar-refractivity contribution in [2.24, 2.45) is 16.5 Å². The number of hydrogen-bond donors (Lipinski definition) is 4. The van der Waals surface area contributed by atoms with Crippen molar-refractivity contribution in [2.45, 2.75) is 50.9 Å². The smallest absolute Gasteiger partial charge is 0.185 e. The van der Waals surface area contributed by atoms with E-state index in [0.717, 1.165) is 12.8 Å². The molecular weight excluding hydrogens is 236 g/mol. The largest absolute Gasteiger partial charge is 0.370 e. The SMILES string of the molecule is CC(C)N[C@@H](CCCN=C(N)N)C(=O)C(C)S. The zero-order valence-corrected chi connectivity index (χ0v) is 11.7. The molecule has 17 heavy (non-hydrogen) atoms. The average Bonchev–Trinajstić information content (AvgIpc) is 2.20. The summed E-state index contributed by atoms with van der Waals surface area (Å²) < 4.78 is 0. The minimum atomic E-state index is -0.255. The van der Waals surface area contributed by atoms with Crippen molar-refractivity contribution in [1.82, 2.24) is 5.32 Å². The van der Waals surface area contributed by atoms with E-state index in [-0.39, 0.29) is 29.1 Å². The van der Waals surface area contributed by atoms with Gasteiger partial charge in [-0.05, 0) is 19.8 Å². The van der Waals surface area contributed by atoms with Gasteiger partial charge in [0.2, 0.25) is 0 Å². The number of Topliss-reactive ketones (excluding diaryl/α,β-unsaturated/α-hetero) is 1. The highest BCUT2D eigenvalue weighted by molar-refractivity contribution is 7.81. The Bertz CT molecular complexity index is 262. The first-order chi connectivity index (χ1) is 7.84. The first kappa shape index (κ1) is 16.2. The maximum atomic E-state index is 11.9. The first-order valence-electron chi connectivity index (χ1n) is 5.87. The number of ketones is 1.